The Morgan fingerprint density at radius 2 is 2.38 bits per heavy atom. The van der Waals surface area contributed by atoms with E-state index < -0.39 is 0 Å². The van der Waals surface area contributed by atoms with Crippen LogP contribution < -0.4 is 5.73 Å². The lowest BCUT2D eigenvalue weighted by molar-refractivity contribution is -0.0927. The fraction of sp³-hybridized carbons (Fsp3) is 0.727. The smallest absolute Gasteiger partial charge is 0.0886 e. The van der Waals surface area contributed by atoms with Crippen molar-refractivity contribution >= 4 is 11.6 Å². The average molecular weight is 244 g/mol. The van der Waals surface area contributed by atoms with Gasteiger partial charge in [0.2, 0.25) is 0 Å². The Bertz CT molecular complexity index is 368. The van der Waals surface area contributed by atoms with Gasteiger partial charge in [0, 0.05) is 13.7 Å². The molecule has 1 unspecified atom stereocenters. The van der Waals surface area contributed by atoms with E-state index in [2.05, 4.69) is 5.10 Å². The summed E-state index contributed by atoms with van der Waals surface area (Å²) in [6, 6.07) is -0.193. The predicted octanol–water partition coefficient (Wildman–Crippen LogP) is 2.13. The molecule has 16 heavy (non-hydrogen) atoms. The van der Waals surface area contributed by atoms with Crippen LogP contribution in [0.2, 0.25) is 5.02 Å². The van der Waals surface area contributed by atoms with Crippen molar-refractivity contribution in [3.63, 3.8) is 0 Å². The third kappa shape index (κ3) is 1.65. The summed E-state index contributed by atoms with van der Waals surface area (Å²) in [6.07, 6.45) is 4.81. The van der Waals surface area contributed by atoms with Crippen molar-refractivity contribution in [2.24, 2.45) is 5.73 Å². The van der Waals surface area contributed by atoms with Crippen LogP contribution in [-0.2, 0) is 11.3 Å². The molecule has 0 bridgehead atoms. The summed E-state index contributed by atoms with van der Waals surface area (Å²) in [5, 5.41) is 4.85. The van der Waals surface area contributed by atoms with E-state index in [0.29, 0.717) is 5.02 Å². The number of hydrogen-bond donors (Lipinski definition) is 1. The summed E-state index contributed by atoms with van der Waals surface area (Å²) < 4.78 is 7.44. The zero-order chi connectivity index (χ0) is 11.8. The molecule has 1 aliphatic rings. The van der Waals surface area contributed by atoms with Crippen LogP contribution in [0.25, 0.3) is 0 Å². The maximum atomic E-state index is 6.30. The Morgan fingerprint density at radius 1 is 1.69 bits per heavy atom. The molecule has 1 heterocycles. The normalized spacial score (nSPS) is 20.5. The first-order valence-electron chi connectivity index (χ1n) is 5.66. The van der Waals surface area contributed by atoms with Gasteiger partial charge in [-0.15, -0.1) is 0 Å². The third-order valence-electron chi connectivity index (χ3n) is 3.60. The van der Waals surface area contributed by atoms with E-state index in [1.807, 2.05) is 11.6 Å². The molecule has 1 saturated carbocycles. The SMILES string of the molecule is CCn1ncc(Cl)c1C(N)C1(OC)CCC1. The van der Waals surface area contributed by atoms with Crippen LogP contribution in [0, 0.1) is 0 Å². The van der Waals surface area contributed by atoms with Crippen LogP contribution in [0.4, 0.5) is 0 Å². The number of aromatic nitrogens is 2. The second kappa shape index (κ2) is 4.35. The summed E-state index contributed by atoms with van der Waals surface area (Å²) in [5.41, 5.74) is 6.95. The average Bonchev–Trinajstić information content (AvgIpc) is 2.58. The number of nitrogens with zero attached hydrogens (tertiary/aromatic N) is 2. The molecule has 0 aliphatic heterocycles. The molecule has 1 fully saturated rings. The van der Waals surface area contributed by atoms with Crippen molar-refractivity contribution in [3.05, 3.63) is 16.9 Å². The lowest BCUT2D eigenvalue weighted by Crippen LogP contribution is -2.49. The summed E-state index contributed by atoms with van der Waals surface area (Å²) in [7, 11) is 1.72. The van der Waals surface area contributed by atoms with Crippen molar-refractivity contribution in [3.8, 4) is 0 Å². The quantitative estimate of drug-likeness (QED) is 0.882. The maximum Gasteiger partial charge on any atom is 0.0886 e. The molecule has 1 aromatic heterocycles. The fourth-order valence-corrected chi connectivity index (χ4v) is 2.61. The minimum atomic E-state index is -0.239. The summed E-state index contributed by atoms with van der Waals surface area (Å²) >= 11 is 6.14. The van der Waals surface area contributed by atoms with Gasteiger partial charge < -0.3 is 10.5 Å². The van der Waals surface area contributed by atoms with Crippen LogP contribution in [0.15, 0.2) is 6.20 Å². The van der Waals surface area contributed by atoms with Gasteiger partial charge in [0.25, 0.3) is 0 Å². The highest BCUT2D eigenvalue weighted by Crippen LogP contribution is 2.44. The van der Waals surface area contributed by atoms with Crippen LogP contribution in [0.3, 0.4) is 0 Å². The Hall–Kier alpha value is -0.580. The topological polar surface area (TPSA) is 53.1 Å². The molecule has 2 N–H and O–H groups in total. The van der Waals surface area contributed by atoms with Crippen molar-refractivity contribution in [1.29, 1.82) is 0 Å². The molecule has 2 rings (SSSR count). The van der Waals surface area contributed by atoms with E-state index in [4.69, 9.17) is 22.1 Å². The van der Waals surface area contributed by atoms with Crippen molar-refractivity contribution < 1.29 is 4.74 Å². The number of ether oxygens (including phenoxy) is 1. The molecule has 4 nitrogen and oxygen atoms in total. The molecular formula is C11H18ClN3O. The lowest BCUT2D eigenvalue weighted by atomic mass is 9.73. The first-order chi connectivity index (χ1) is 7.64. The monoisotopic (exact) mass is 243 g/mol. The molecule has 1 atom stereocenters. The Kier molecular flexibility index (Phi) is 3.24. The minimum absolute atomic E-state index is 0.193. The summed E-state index contributed by atoms with van der Waals surface area (Å²) in [5.74, 6) is 0. The first kappa shape index (κ1) is 11.9. The fourth-order valence-electron chi connectivity index (χ4n) is 2.35. The molecule has 1 aliphatic carbocycles. The second-order valence-electron chi connectivity index (χ2n) is 4.29. The molecule has 0 saturated heterocycles. The highest BCUT2D eigenvalue weighted by molar-refractivity contribution is 6.31. The van der Waals surface area contributed by atoms with E-state index in [-0.39, 0.29) is 11.6 Å². The van der Waals surface area contributed by atoms with Crippen molar-refractivity contribution in [1.82, 2.24) is 9.78 Å². The van der Waals surface area contributed by atoms with Gasteiger partial charge in [-0.05, 0) is 26.2 Å². The van der Waals surface area contributed by atoms with Gasteiger partial charge in [-0.3, -0.25) is 4.68 Å². The van der Waals surface area contributed by atoms with Gasteiger partial charge in [-0.1, -0.05) is 11.6 Å². The summed E-state index contributed by atoms with van der Waals surface area (Å²) in [4.78, 5) is 0. The number of nitrogens with two attached hydrogens (primary N) is 1. The highest BCUT2D eigenvalue weighted by atomic mass is 35.5. The van der Waals surface area contributed by atoms with Crippen LogP contribution >= 0.6 is 11.6 Å². The van der Waals surface area contributed by atoms with E-state index in [0.717, 1.165) is 25.1 Å². The van der Waals surface area contributed by atoms with Gasteiger partial charge in [-0.2, -0.15) is 5.10 Å². The highest BCUT2D eigenvalue weighted by Gasteiger charge is 2.45. The van der Waals surface area contributed by atoms with Crippen LogP contribution in [0.5, 0.6) is 0 Å². The molecule has 0 amide bonds. The molecule has 0 spiro atoms. The van der Waals surface area contributed by atoms with Crippen LogP contribution in [0.1, 0.15) is 37.9 Å². The second-order valence-corrected chi connectivity index (χ2v) is 4.70. The zero-order valence-corrected chi connectivity index (χ0v) is 10.5. The zero-order valence-electron chi connectivity index (χ0n) is 9.74. The van der Waals surface area contributed by atoms with Crippen molar-refractivity contribution in [2.45, 2.75) is 44.4 Å². The first-order valence-corrected chi connectivity index (χ1v) is 6.04. The van der Waals surface area contributed by atoms with E-state index in [1.165, 1.54) is 6.42 Å². The molecule has 90 valence electrons. The minimum Gasteiger partial charge on any atom is -0.376 e. The number of methoxy groups -OCH3 is 1. The van der Waals surface area contributed by atoms with Gasteiger partial charge in [0.15, 0.2) is 0 Å². The summed E-state index contributed by atoms with van der Waals surface area (Å²) in [6.45, 7) is 2.80. The number of aryl methyl sites for hydroxylation is 1. The van der Waals surface area contributed by atoms with E-state index in [9.17, 15) is 0 Å². The van der Waals surface area contributed by atoms with Gasteiger partial charge in [-0.25, -0.2) is 0 Å². The molecule has 5 heteroatoms. The molecule has 0 radical (unpaired) electrons. The maximum absolute atomic E-state index is 6.30. The van der Waals surface area contributed by atoms with Crippen molar-refractivity contribution in [2.75, 3.05) is 7.11 Å². The molecular weight excluding hydrogens is 226 g/mol. The predicted molar refractivity (Wildman–Crippen MR) is 63.4 cm³/mol. The van der Waals surface area contributed by atoms with E-state index in [1.54, 1.807) is 13.3 Å². The number of rotatable bonds is 4. The lowest BCUT2D eigenvalue weighted by Gasteiger charge is -2.45. The molecule has 1 aromatic rings. The number of halogens is 1. The largest absolute Gasteiger partial charge is 0.376 e. The van der Waals surface area contributed by atoms with Gasteiger partial charge in [0.05, 0.1) is 28.6 Å². The Morgan fingerprint density at radius 3 is 2.81 bits per heavy atom. The standard InChI is InChI=1S/C11H18ClN3O/c1-3-15-9(8(12)7-14-15)10(13)11(16-2)5-4-6-11/h7,10H,3-6,13H2,1-2H3. The Balaban J connectivity index is 2.32. The van der Waals surface area contributed by atoms with Gasteiger partial charge in [0.1, 0.15) is 0 Å². The van der Waals surface area contributed by atoms with E-state index >= 15 is 0 Å². The Labute approximate surface area is 101 Å². The molecule has 0 aromatic carbocycles. The number of hydrogen-bond acceptors (Lipinski definition) is 3. The van der Waals surface area contributed by atoms with Gasteiger partial charge >= 0.3 is 0 Å². The van der Waals surface area contributed by atoms with Crippen LogP contribution in [-0.4, -0.2) is 22.5 Å². The third-order valence-corrected chi connectivity index (χ3v) is 3.89.